The van der Waals surface area contributed by atoms with Crippen molar-refractivity contribution in [2.24, 2.45) is 0 Å². The predicted molar refractivity (Wildman–Crippen MR) is 101 cm³/mol. The highest BCUT2D eigenvalue weighted by Gasteiger charge is 2.11. The molecule has 1 aromatic carbocycles. The summed E-state index contributed by atoms with van der Waals surface area (Å²) < 4.78 is 11.1. The first-order chi connectivity index (χ1) is 12.8. The van der Waals surface area contributed by atoms with Crippen LogP contribution >= 0.6 is 0 Å². The Bertz CT molecular complexity index is 704. The van der Waals surface area contributed by atoms with Crippen molar-refractivity contribution in [3.05, 3.63) is 53.9 Å². The van der Waals surface area contributed by atoms with Crippen LogP contribution in [-0.4, -0.2) is 30.6 Å². The Hall–Kier alpha value is -2.56. The first kappa shape index (κ1) is 18.2. The van der Waals surface area contributed by atoms with Crippen LogP contribution in [0.15, 0.2) is 42.7 Å². The Morgan fingerprint density at radius 1 is 1.00 bits per heavy atom. The summed E-state index contributed by atoms with van der Waals surface area (Å²) in [5.41, 5.74) is 2.43. The molecule has 1 aliphatic heterocycles. The number of nitrogens with zero attached hydrogens (tertiary/aromatic N) is 1. The molecule has 0 fully saturated rings. The van der Waals surface area contributed by atoms with Crippen LogP contribution in [0.2, 0.25) is 0 Å². The smallest absolute Gasteiger partial charge is 0.220 e. The van der Waals surface area contributed by atoms with Gasteiger partial charge in [-0.05, 0) is 61.4 Å². The largest absolute Gasteiger partial charge is 0.486 e. The number of aromatic nitrogens is 1. The van der Waals surface area contributed by atoms with Gasteiger partial charge in [-0.2, -0.15) is 0 Å². The van der Waals surface area contributed by atoms with Gasteiger partial charge in [-0.1, -0.05) is 12.1 Å². The van der Waals surface area contributed by atoms with Gasteiger partial charge >= 0.3 is 0 Å². The van der Waals surface area contributed by atoms with E-state index in [1.165, 1.54) is 11.1 Å². The van der Waals surface area contributed by atoms with Gasteiger partial charge in [0.25, 0.3) is 0 Å². The highest BCUT2D eigenvalue weighted by molar-refractivity contribution is 5.75. The Kier molecular flexibility index (Phi) is 6.88. The lowest BCUT2D eigenvalue weighted by Gasteiger charge is -2.18. The number of hydrogen-bond acceptors (Lipinski definition) is 4. The molecule has 5 nitrogen and oxygen atoms in total. The van der Waals surface area contributed by atoms with E-state index in [9.17, 15) is 4.79 Å². The molecule has 3 rings (SSSR count). The summed E-state index contributed by atoms with van der Waals surface area (Å²) in [6.07, 6.45) is 8.93. The molecule has 1 N–H and O–H groups in total. The van der Waals surface area contributed by atoms with Crippen LogP contribution in [0.4, 0.5) is 0 Å². The molecule has 2 aromatic rings. The average Bonchev–Trinajstić information content (AvgIpc) is 2.68. The zero-order valence-corrected chi connectivity index (χ0v) is 15.1. The van der Waals surface area contributed by atoms with Gasteiger partial charge in [0, 0.05) is 25.4 Å². The zero-order chi connectivity index (χ0) is 18.0. The third kappa shape index (κ3) is 5.76. The lowest BCUT2D eigenvalue weighted by atomic mass is 10.1. The fourth-order valence-electron chi connectivity index (χ4n) is 3.01. The minimum absolute atomic E-state index is 0.133. The van der Waals surface area contributed by atoms with E-state index in [1.807, 2.05) is 24.4 Å². The number of hydrogen-bond donors (Lipinski definition) is 1. The molecule has 26 heavy (non-hydrogen) atoms. The lowest BCUT2D eigenvalue weighted by molar-refractivity contribution is -0.121. The fourth-order valence-corrected chi connectivity index (χ4v) is 3.01. The van der Waals surface area contributed by atoms with Gasteiger partial charge in [0.2, 0.25) is 5.91 Å². The number of carbonyl (C=O) groups excluding carboxylic acids is 1. The van der Waals surface area contributed by atoms with Crippen LogP contribution in [0.1, 0.15) is 36.8 Å². The van der Waals surface area contributed by atoms with Crippen molar-refractivity contribution >= 4 is 5.91 Å². The van der Waals surface area contributed by atoms with Gasteiger partial charge in [-0.3, -0.25) is 9.78 Å². The van der Waals surface area contributed by atoms with Gasteiger partial charge in [0.05, 0.1) is 0 Å². The monoisotopic (exact) mass is 354 g/mol. The summed E-state index contributed by atoms with van der Waals surface area (Å²) in [6, 6.07) is 10.1. The number of amides is 1. The molecular weight excluding hydrogens is 328 g/mol. The van der Waals surface area contributed by atoms with Crippen molar-refractivity contribution in [1.29, 1.82) is 0 Å². The maximum Gasteiger partial charge on any atom is 0.220 e. The first-order valence-electron chi connectivity index (χ1n) is 9.35. The average molecular weight is 354 g/mol. The number of pyridine rings is 1. The maximum absolute atomic E-state index is 11.9. The Morgan fingerprint density at radius 3 is 2.69 bits per heavy atom. The number of aryl methyl sites for hydroxylation is 2. The molecule has 0 saturated carbocycles. The molecule has 0 spiro atoms. The van der Waals surface area contributed by atoms with Gasteiger partial charge in [0.1, 0.15) is 13.2 Å². The standard InChI is InChI=1S/C21H26N2O3/c24-21(8-3-6-18-7-4-11-22-16-18)23-12-2-1-5-17-9-10-19-20(15-17)26-14-13-25-19/h4,7,9-11,15-16H,1-3,5-6,8,12-14H2,(H,23,24). The third-order valence-electron chi connectivity index (χ3n) is 4.41. The van der Waals surface area contributed by atoms with E-state index in [0.717, 1.165) is 50.1 Å². The number of ether oxygens (including phenoxy) is 2. The van der Waals surface area contributed by atoms with E-state index in [-0.39, 0.29) is 5.91 Å². The predicted octanol–water partition coefficient (Wildman–Crippen LogP) is 3.31. The zero-order valence-electron chi connectivity index (χ0n) is 15.1. The molecule has 5 heteroatoms. The normalized spacial score (nSPS) is 12.6. The van der Waals surface area contributed by atoms with Crippen molar-refractivity contribution in [3.8, 4) is 11.5 Å². The van der Waals surface area contributed by atoms with Crippen LogP contribution in [0.25, 0.3) is 0 Å². The second kappa shape index (κ2) is 9.80. The second-order valence-corrected chi connectivity index (χ2v) is 6.50. The molecule has 2 heterocycles. The Balaban J connectivity index is 1.26. The molecule has 0 aliphatic carbocycles. The highest BCUT2D eigenvalue weighted by Crippen LogP contribution is 2.31. The number of rotatable bonds is 9. The summed E-state index contributed by atoms with van der Waals surface area (Å²) in [5, 5.41) is 3.01. The van der Waals surface area contributed by atoms with Crippen molar-refractivity contribution < 1.29 is 14.3 Å². The molecular formula is C21H26N2O3. The summed E-state index contributed by atoms with van der Waals surface area (Å²) in [6.45, 7) is 1.97. The fraction of sp³-hybridized carbons (Fsp3) is 0.429. The molecule has 138 valence electrons. The molecule has 1 amide bonds. The molecule has 1 aliphatic rings. The van der Waals surface area contributed by atoms with E-state index in [4.69, 9.17) is 9.47 Å². The Labute approximate surface area is 154 Å². The minimum atomic E-state index is 0.133. The van der Waals surface area contributed by atoms with Crippen molar-refractivity contribution in [3.63, 3.8) is 0 Å². The van der Waals surface area contributed by atoms with Gasteiger partial charge in [-0.15, -0.1) is 0 Å². The molecule has 0 unspecified atom stereocenters. The topological polar surface area (TPSA) is 60.5 Å². The van der Waals surface area contributed by atoms with Crippen LogP contribution in [-0.2, 0) is 17.6 Å². The molecule has 1 aromatic heterocycles. The third-order valence-corrected chi connectivity index (χ3v) is 4.41. The number of nitrogens with one attached hydrogen (secondary N) is 1. The van der Waals surface area contributed by atoms with Gasteiger partial charge in [-0.25, -0.2) is 0 Å². The summed E-state index contributed by atoms with van der Waals surface area (Å²) >= 11 is 0. The summed E-state index contributed by atoms with van der Waals surface area (Å²) in [4.78, 5) is 16.0. The quantitative estimate of drug-likeness (QED) is 0.702. The van der Waals surface area contributed by atoms with Crippen LogP contribution in [0, 0.1) is 0 Å². The second-order valence-electron chi connectivity index (χ2n) is 6.50. The van der Waals surface area contributed by atoms with Gasteiger partial charge in [0.15, 0.2) is 11.5 Å². The van der Waals surface area contributed by atoms with Crippen molar-refractivity contribution in [1.82, 2.24) is 10.3 Å². The van der Waals surface area contributed by atoms with Crippen LogP contribution < -0.4 is 14.8 Å². The number of unbranched alkanes of at least 4 members (excludes halogenated alkanes) is 1. The van der Waals surface area contributed by atoms with E-state index in [2.05, 4.69) is 22.4 Å². The summed E-state index contributed by atoms with van der Waals surface area (Å²) in [5.74, 6) is 1.81. The molecule has 0 radical (unpaired) electrons. The van der Waals surface area contributed by atoms with E-state index in [0.29, 0.717) is 19.6 Å². The first-order valence-corrected chi connectivity index (χ1v) is 9.35. The van der Waals surface area contributed by atoms with E-state index < -0.39 is 0 Å². The van der Waals surface area contributed by atoms with Crippen LogP contribution in [0.3, 0.4) is 0 Å². The van der Waals surface area contributed by atoms with Gasteiger partial charge < -0.3 is 14.8 Å². The lowest BCUT2D eigenvalue weighted by Crippen LogP contribution is -2.24. The van der Waals surface area contributed by atoms with E-state index in [1.54, 1.807) is 6.20 Å². The molecule has 0 atom stereocenters. The summed E-state index contributed by atoms with van der Waals surface area (Å²) in [7, 11) is 0. The Morgan fingerprint density at radius 2 is 1.85 bits per heavy atom. The molecule has 0 bridgehead atoms. The maximum atomic E-state index is 11.9. The van der Waals surface area contributed by atoms with Crippen molar-refractivity contribution in [2.75, 3.05) is 19.8 Å². The van der Waals surface area contributed by atoms with E-state index >= 15 is 0 Å². The molecule has 0 saturated heterocycles. The van der Waals surface area contributed by atoms with Crippen molar-refractivity contribution in [2.45, 2.75) is 38.5 Å². The minimum Gasteiger partial charge on any atom is -0.486 e. The van der Waals surface area contributed by atoms with Crippen LogP contribution in [0.5, 0.6) is 11.5 Å². The SMILES string of the molecule is O=C(CCCc1cccnc1)NCCCCc1ccc2c(c1)OCCO2. The number of benzene rings is 1. The number of fused-ring (bicyclic) bond motifs is 1. The highest BCUT2D eigenvalue weighted by atomic mass is 16.6. The number of carbonyl (C=O) groups is 1.